The number of amidine groups is 1. The van der Waals surface area contributed by atoms with Crippen molar-refractivity contribution in [2.45, 2.75) is 6.42 Å². The third kappa shape index (κ3) is 2.87. The summed E-state index contributed by atoms with van der Waals surface area (Å²) in [6.07, 6.45) is 0.807. The zero-order valence-corrected chi connectivity index (χ0v) is 12.3. The molecule has 0 aromatic heterocycles. The minimum absolute atomic E-state index is 0.315. The molecule has 1 aliphatic rings. The monoisotopic (exact) mass is 296 g/mol. The van der Waals surface area contributed by atoms with Crippen LogP contribution in [0.15, 0.2) is 65.8 Å². The van der Waals surface area contributed by atoms with Crippen LogP contribution in [0.3, 0.4) is 0 Å². The summed E-state index contributed by atoms with van der Waals surface area (Å²) in [6.45, 7) is 0.825. The molecule has 2 aromatic carbocycles. The Morgan fingerprint density at radius 2 is 1.67 bits per heavy atom. The van der Waals surface area contributed by atoms with E-state index >= 15 is 0 Å². The van der Waals surface area contributed by atoms with E-state index < -0.39 is 0 Å². The lowest BCUT2D eigenvalue weighted by atomic mass is 10.2. The van der Waals surface area contributed by atoms with Crippen LogP contribution < -0.4 is 15.6 Å². The first-order valence-electron chi connectivity index (χ1n) is 6.80. The highest BCUT2D eigenvalue weighted by Gasteiger charge is 2.23. The van der Waals surface area contributed by atoms with Crippen molar-refractivity contribution < 1.29 is 0 Å². The Kier molecular flexibility index (Phi) is 3.83. The number of para-hydroxylation sites is 2. The van der Waals surface area contributed by atoms with Crippen LogP contribution in [-0.2, 0) is 0 Å². The molecule has 3 rings (SSSR count). The average Bonchev–Trinajstić information content (AvgIpc) is 2.98. The van der Waals surface area contributed by atoms with Gasteiger partial charge in [-0.2, -0.15) is 5.10 Å². The van der Waals surface area contributed by atoms with Crippen LogP contribution in [0.25, 0.3) is 0 Å². The molecule has 1 aliphatic heterocycles. The number of rotatable bonds is 2. The zero-order chi connectivity index (χ0) is 14.7. The fraction of sp³-hybridized carbons (Fsp3) is 0.125. The van der Waals surface area contributed by atoms with Gasteiger partial charge < -0.3 is 5.73 Å². The normalized spacial score (nSPS) is 13.9. The summed E-state index contributed by atoms with van der Waals surface area (Å²) in [5, 5.41) is 6.96. The van der Waals surface area contributed by atoms with Gasteiger partial charge in [-0.05, 0) is 36.5 Å². The molecule has 1 heterocycles. The lowest BCUT2D eigenvalue weighted by molar-refractivity contribution is 0.922. The molecule has 0 saturated carbocycles. The van der Waals surface area contributed by atoms with Crippen molar-refractivity contribution >= 4 is 34.5 Å². The maximum atomic E-state index is 5.89. The molecule has 0 spiro atoms. The van der Waals surface area contributed by atoms with Crippen molar-refractivity contribution in [3.05, 3.63) is 60.7 Å². The van der Waals surface area contributed by atoms with Gasteiger partial charge in [0.2, 0.25) is 0 Å². The molecule has 0 amide bonds. The first kappa shape index (κ1) is 13.6. The van der Waals surface area contributed by atoms with Crippen molar-refractivity contribution in [3.8, 4) is 0 Å². The summed E-state index contributed by atoms with van der Waals surface area (Å²) in [5.41, 5.74) is 7.91. The molecule has 2 N–H and O–H groups in total. The summed E-state index contributed by atoms with van der Waals surface area (Å²) < 4.78 is 0. The van der Waals surface area contributed by atoms with Gasteiger partial charge in [0.05, 0.1) is 5.69 Å². The number of hydrazone groups is 1. The molecule has 2 aromatic rings. The molecule has 4 nitrogen and oxygen atoms in total. The highest BCUT2D eigenvalue weighted by molar-refractivity contribution is 7.80. The van der Waals surface area contributed by atoms with Crippen LogP contribution in [0.5, 0.6) is 0 Å². The van der Waals surface area contributed by atoms with Crippen LogP contribution in [0, 0.1) is 0 Å². The minimum Gasteiger partial charge on any atom is -0.376 e. The highest BCUT2D eigenvalue weighted by atomic mass is 32.1. The quantitative estimate of drug-likeness (QED) is 0.865. The lowest BCUT2D eigenvalue weighted by Gasteiger charge is -2.21. The molecule has 5 heteroatoms. The van der Waals surface area contributed by atoms with E-state index in [0.29, 0.717) is 5.11 Å². The summed E-state index contributed by atoms with van der Waals surface area (Å²) in [5.74, 6) is 0.873. The van der Waals surface area contributed by atoms with Crippen LogP contribution in [0.4, 0.5) is 11.4 Å². The molecule has 0 radical (unpaired) electrons. The van der Waals surface area contributed by atoms with Gasteiger partial charge >= 0.3 is 0 Å². The number of benzene rings is 2. The van der Waals surface area contributed by atoms with E-state index in [0.717, 1.165) is 30.2 Å². The van der Waals surface area contributed by atoms with Crippen LogP contribution in [0.1, 0.15) is 6.42 Å². The molecular formula is C16H16N4S. The Balaban J connectivity index is 1.90. The maximum Gasteiger partial charge on any atom is 0.176 e. The Hall–Kier alpha value is -2.40. The summed E-state index contributed by atoms with van der Waals surface area (Å²) in [6, 6.07) is 19.9. The van der Waals surface area contributed by atoms with Crippen molar-refractivity contribution in [2.75, 3.05) is 16.5 Å². The number of thiocarbonyl (C=S) groups is 1. The second kappa shape index (κ2) is 5.93. The molecule has 0 fully saturated rings. The SMILES string of the molecule is NC(=S)N(C1=NN(c2ccccc2)CC1)c1ccccc1. The van der Waals surface area contributed by atoms with E-state index in [1.807, 2.05) is 70.6 Å². The molecule has 0 unspecified atom stereocenters. The maximum absolute atomic E-state index is 5.89. The van der Waals surface area contributed by atoms with Gasteiger partial charge in [-0.3, -0.25) is 9.91 Å². The van der Waals surface area contributed by atoms with Crippen molar-refractivity contribution in [3.63, 3.8) is 0 Å². The van der Waals surface area contributed by atoms with E-state index in [9.17, 15) is 0 Å². The van der Waals surface area contributed by atoms with Crippen molar-refractivity contribution in [2.24, 2.45) is 10.8 Å². The fourth-order valence-corrected chi connectivity index (χ4v) is 2.58. The third-order valence-corrected chi connectivity index (χ3v) is 3.51. The van der Waals surface area contributed by atoms with Crippen molar-refractivity contribution in [1.29, 1.82) is 0 Å². The zero-order valence-electron chi connectivity index (χ0n) is 11.5. The average molecular weight is 296 g/mol. The lowest BCUT2D eigenvalue weighted by Crippen LogP contribution is -2.40. The summed E-state index contributed by atoms with van der Waals surface area (Å²) in [4.78, 5) is 1.83. The Labute approximate surface area is 129 Å². The molecule has 0 bridgehead atoms. The van der Waals surface area contributed by atoms with E-state index in [1.165, 1.54) is 0 Å². The Morgan fingerprint density at radius 1 is 1.05 bits per heavy atom. The number of nitrogens with zero attached hydrogens (tertiary/aromatic N) is 3. The van der Waals surface area contributed by atoms with E-state index in [1.54, 1.807) is 0 Å². The summed E-state index contributed by atoms with van der Waals surface area (Å²) >= 11 is 5.20. The van der Waals surface area contributed by atoms with E-state index in [2.05, 4.69) is 5.10 Å². The van der Waals surface area contributed by atoms with Gasteiger partial charge in [0.1, 0.15) is 5.84 Å². The standard InChI is InChI=1S/C16H16N4S/c17-16(21)20(14-9-5-2-6-10-14)15-11-12-19(18-15)13-7-3-1-4-8-13/h1-10H,11-12H2,(H2,17,21). The summed E-state index contributed by atoms with van der Waals surface area (Å²) in [7, 11) is 0. The highest BCUT2D eigenvalue weighted by Crippen LogP contribution is 2.23. The third-order valence-electron chi connectivity index (χ3n) is 3.33. The number of nitrogens with two attached hydrogens (primary N) is 1. The van der Waals surface area contributed by atoms with E-state index in [-0.39, 0.29) is 0 Å². The van der Waals surface area contributed by atoms with Gasteiger partial charge in [-0.15, -0.1) is 0 Å². The van der Waals surface area contributed by atoms with Gasteiger partial charge in [0.25, 0.3) is 0 Å². The smallest absolute Gasteiger partial charge is 0.176 e. The molecule has 0 saturated heterocycles. The minimum atomic E-state index is 0.315. The van der Waals surface area contributed by atoms with Gasteiger partial charge in [-0.25, -0.2) is 0 Å². The van der Waals surface area contributed by atoms with Gasteiger partial charge in [0, 0.05) is 18.7 Å². The predicted molar refractivity (Wildman–Crippen MR) is 91.5 cm³/mol. The Bertz CT molecular complexity index is 654. The molecule has 0 aliphatic carbocycles. The van der Waals surface area contributed by atoms with Gasteiger partial charge in [-0.1, -0.05) is 36.4 Å². The topological polar surface area (TPSA) is 44.9 Å². The van der Waals surface area contributed by atoms with Crippen LogP contribution in [0.2, 0.25) is 0 Å². The largest absolute Gasteiger partial charge is 0.376 e. The first-order valence-corrected chi connectivity index (χ1v) is 7.21. The number of hydrogen-bond donors (Lipinski definition) is 1. The molecule has 106 valence electrons. The van der Waals surface area contributed by atoms with Crippen LogP contribution in [-0.4, -0.2) is 17.5 Å². The molecular weight excluding hydrogens is 280 g/mol. The number of anilines is 2. The van der Waals surface area contributed by atoms with Gasteiger partial charge in [0.15, 0.2) is 5.11 Å². The fourth-order valence-electron chi connectivity index (χ4n) is 2.37. The molecule has 21 heavy (non-hydrogen) atoms. The van der Waals surface area contributed by atoms with Crippen molar-refractivity contribution in [1.82, 2.24) is 0 Å². The van der Waals surface area contributed by atoms with Crippen LogP contribution >= 0.6 is 12.2 Å². The predicted octanol–water partition coefficient (Wildman–Crippen LogP) is 2.96. The second-order valence-corrected chi connectivity index (χ2v) is 5.15. The molecule has 0 atom stereocenters. The Morgan fingerprint density at radius 3 is 2.29 bits per heavy atom. The number of hydrogen-bond acceptors (Lipinski definition) is 3. The first-order chi connectivity index (χ1) is 10.3. The van der Waals surface area contributed by atoms with E-state index in [4.69, 9.17) is 18.0 Å². The second-order valence-electron chi connectivity index (χ2n) is 4.73.